The fourth-order valence-corrected chi connectivity index (χ4v) is 2.31. The Morgan fingerprint density at radius 1 is 1.31 bits per heavy atom. The summed E-state index contributed by atoms with van der Waals surface area (Å²) in [5.41, 5.74) is 3.28. The fraction of sp³-hybridized carbons (Fsp3) is 0.0833. The zero-order chi connectivity index (χ0) is 11.0. The summed E-state index contributed by atoms with van der Waals surface area (Å²) in [5, 5.41) is 1.70. The van der Waals surface area contributed by atoms with E-state index in [1.165, 1.54) is 17.3 Å². The lowest BCUT2D eigenvalue weighted by Crippen LogP contribution is -1.71. The van der Waals surface area contributed by atoms with Crippen LogP contribution in [0.5, 0.6) is 0 Å². The Balaban J connectivity index is 1.99. The highest BCUT2D eigenvalue weighted by atomic mass is 32.2. The largest absolute Gasteiger partial charge is 0.458 e. The molecule has 0 bridgehead atoms. The van der Waals surface area contributed by atoms with Crippen LogP contribution in [0.4, 0.5) is 0 Å². The van der Waals surface area contributed by atoms with Crippen LogP contribution in [0, 0.1) is 6.92 Å². The standard InChI is InChI=1S/C12H10N2OS/c1-8-4-5-9-10(7-8)14-12(13-9)16-11-3-2-6-15-11/h2-7H,1H3,(H,13,14). The van der Waals surface area contributed by atoms with E-state index in [1.807, 2.05) is 18.2 Å². The van der Waals surface area contributed by atoms with E-state index in [9.17, 15) is 0 Å². The first-order valence-corrected chi connectivity index (χ1v) is 5.81. The Labute approximate surface area is 96.9 Å². The molecule has 1 N–H and O–H groups in total. The Kier molecular flexibility index (Phi) is 2.22. The maximum absolute atomic E-state index is 5.26. The highest BCUT2D eigenvalue weighted by Gasteiger charge is 2.05. The van der Waals surface area contributed by atoms with Crippen molar-refractivity contribution in [2.24, 2.45) is 0 Å². The molecule has 16 heavy (non-hydrogen) atoms. The van der Waals surface area contributed by atoms with E-state index >= 15 is 0 Å². The maximum Gasteiger partial charge on any atom is 0.174 e. The Morgan fingerprint density at radius 3 is 3.06 bits per heavy atom. The van der Waals surface area contributed by atoms with Gasteiger partial charge in [-0.2, -0.15) is 0 Å². The summed E-state index contributed by atoms with van der Waals surface area (Å²) in [6.45, 7) is 2.07. The number of aromatic nitrogens is 2. The number of nitrogens with one attached hydrogen (secondary N) is 1. The van der Waals surface area contributed by atoms with Crippen LogP contribution < -0.4 is 0 Å². The molecule has 1 aromatic carbocycles. The second-order valence-corrected chi connectivity index (χ2v) is 4.59. The molecule has 2 heterocycles. The lowest BCUT2D eigenvalue weighted by atomic mass is 10.2. The van der Waals surface area contributed by atoms with Gasteiger partial charge in [-0.15, -0.1) is 0 Å². The smallest absolute Gasteiger partial charge is 0.174 e. The van der Waals surface area contributed by atoms with Crippen molar-refractivity contribution in [3.63, 3.8) is 0 Å². The van der Waals surface area contributed by atoms with Crippen molar-refractivity contribution in [2.45, 2.75) is 17.2 Å². The van der Waals surface area contributed by atoms with Crippen molar-refractivity contribution in [2.75, 3.05) is 0 Å². The molecule has 0 spiro atoms. The van der Waals surface area contributed by atoms with Crippen molar-refractivity contribution < 1.29 is 4.42 Å². The Bertz CT molecular complexity index is 613. The third kappa shape index (κ3) is 1.72. The SMILES string of the molecule is Cc1ccc2nc(Sc3ccco3)[nH]c2c1. The molecule has 3 nitrogen and oxygen atoms in total. The number of hydrogen-bond donors (Lipinski definition) is 1. The van der Waals surface area contributed by atoms with Crippen LogP contribution in [0.15, 0.2) is 51.3 Å². The molecule has 3 aromatic rings. The first kappa shape index (κ1) is 9.54. The highest BCUT2D eigenvalue weighted by Crippen LogP contribution is 2.27. The predicted octanol–water partition coefficient (Wildman–Crippen LogP) is 3.62. The molecule has 0 aliphatic heterocycles. The third-order valence-electron chi connectivity index (χ3n) is 2.31. The molecular weight excluding hydrogens is 220 g/mol. The van der Waals surface area contributed by atoms with E-state index in [1.54, 1.807) is 6.26 Å². The lowest BCUT2D eigenvalue weighted by molar-refractivity contribution is 0.474. The number of imidazole rings is 1. The summed E-state index contributed by atoms with van der Waals surface area (Å²) < 4.78 is 5.26. The van der Waals surface area contributed by atoms with Crippen LogP contribution in [-0.2, 0) is 0 Å². The molecule has 0 aliphatic rings. The lowest BCUT2D eigenvalue weighted by Gasteiger charge is -1.90. The van der Waals surface area contributed by atoms with Crippen LogP contribution in [0.1, 0.15) is 5.56 Å². The van der Waals surface area contributed by atoms with E-state index in [0.717, 1.165) is 21.3 Å². The van der Waals surface area contributed by atoms with Gasteiger partial charge in [-0.05, 0) is 48.5 Å². The number of hydrogen-bond acceptors (Lipinski definition) is 3. The topological polar surface area (TPSA) is 41.8 Å². The molecule has 0 amide bonds. The summed E-state index contributed by atoms with van der Waals surface area (Å²) in [7, 11) is 0. The van der Waals surface area contributed by atoms with Gasteiger partial charge in [-0.25, -0.2) is 4.98 Å². The number of furan rings is 1. The van der Waals surface area contributed by atoms with E-state index in [-0.39, 0.29) is 0 Å². The van der Waals surface area contributed by atoms with Crippen molar-refractivity contribution in [1.82, 2.24) is 9.97 Å². The monoisotopic (exact) mass is 230 g/mol. The number of aromatic amines is 1. The van der Waals surface area contributed by atoms with E-state index < -0.39 is 0 Å². The van der Waals surface area contributed by atoms with Crippen molar-refractivity contribution in [1.29, 1.82) is 0 Å². The normalized spacial score (nSPS) is 11.1. The van der Waals surface area contributed by atoms with E-state index in [0.29, 0.717) is 0 Å². The number of nitrogens with zero attached hydrogens (tertiary/aromatic N) is 1. The second-order valence-electron chi connectivity index (χ2n) is 3.60. The third-order valence-corrected chi connectivity index (χ3v) is 3.13. The molecule has 80 valence electrons. The van der Waals surface area contributed by atoms with Gasteiger partial charge >= 0.3 is 0 Å². The van der Waals surface area contributed by atoms with Crippen LogP contribution in [0.2, 0.25) is 0 Å². The van der Waals surface area contributed by atoms with Gasteiger partial charge < -0.3 is 9.40 Å². The number of rotatable bonds is 2. The van der Waals surface area contributed by atoms with Gasteiger partial charge in [0.25, 0.3) is 0 Å². The van der Waals surface area contributed by atoms with Crippen molar-refractivity contribution in [3.05, 3.63) is 42.2 Å². The van der Waals surface area contributed by atoms with E-state index in [2.05, 4.69) is 29.0 Å². The highest BCUT2D eigenvalue weighted by molar-refractivity contribution is 7.99. The summed E-state index contributed by atoms with van der Waals surface area (Å²) in [6.07, 6.45) is 1.66. The molecule has 0 unspecified atom stereocenters. The molecule has 4 heteroatoms. The first-order valence-electron chi connectivity index (χ1n) is 4.99. The molecule has 2 aromatic heterocycles. The molecule has 0 radical (unpaired) electrons. The average molecular weight is 230 g/mol. The van der Waals surface area contributed by atoms with Gasteiger partial charge in [0.15, 0.2) is 10.2 Å². The molecule has 0 fully saturated rings. The summed E-state index contributed by atoms with van der Waals surface area (Å²) >= 11 is 1.49. The van der Waals surface area contributed by atoms with Gasteiger partial charge in [0.2, 0.25) is 0 Å². The number of aryl methyl sites for hydroxylation is 1. The minimum Gasteiger partial charge on any atom is -0.458 e. The van der Waals surface area contributed by atoms with Crippen molar-refractivity contribution >= 4 is 22.8 Å². The number of benzene rings is 1. The van der Waals surface area contributed by atoms with Crippen LogP contribution in [0.3, 0.4) is 0 Å². The van der Waals surface area contributed by atoms with E-state index in [4.69, 9.17) is 4.42 Å². The fourth-order valence-electron chi connectivity index (χ4n) is 1.57. The minimum absolute atomic E-state index is 0.843. The van der Waals surface area contributed by atoms with Gasteiger partial charge in [0, 0.05) is 0 Å². The van der Waals surface area contributed by atoms with Gasteiger partial charge in [0.05, 0.1) is 17.3 Å². The first-order chi connectivity index (χ1) is 7.81. The van der Waals surface area contributed by atoms with Gasteiger partial charge in [-0.1, -0.05) is 6.07 Å². The van der Waals surface area contributed by atoms with Crippen molar-refractivity contribution in [3.8, 4) is 0 Å². The predicted molar refractivity (Wildman–Crippen MR) is 63.7 cm³/mol. The summed E-state index contributed by atoms with van der Waals surface area (Å²) in [5.74, 6) is 0. The summed E-state index contributed by atoms with van der Waals surface area (Å²) in [6, 6.07) is 9.96. The molecule has 0 aliphatic carbocycles. The number of H-pyrrole nitrogens is 1. The minimum atomic E-state index is 0.843. The molecular formula is C12H10N2OS. The molecule has 3 rings (SSSR count). The number of fused-ring (bicyclic) bond motifs is 1. The van der Waals surface area contributed by atoms with Crippen LogP contribution in [-0.4, -0.2) is 9.97 Å². The van der Waals surface area contributed by atoms with Gasteiger partial charge in [0.1, 0.15) is 0 Å². The average Bonchev–Trinajstić information content (AvgIpc) is 2.86. The molecule has 0 saturated carbocycles. The quantitative estimate of drug-likeness (QED) is 0.731. The Hall–Kier alpha value is -1.68. The maximum atomic E-state index is 5.26. The van der Waals surface area contributed by atoms with Gasteiger partial charge in [-0.3, -0.25) is 0 Å². The van der Waals surface area contributed by atoms with Crippen LogP contribution in [0.25, 0.3) is 11.0 Å². The Morgan fingerprint density at radius 2 is 2.25 bits per heavy atom. The summed E-state index contributed by atoms with van der Waals surface area (Å²) in [4.78, 5) is 7.74. The molecule has 0 saturated heterocycles. The van der Waals surface area contributed by atoms with Crippen LogP contribution >= 0.6 is 11.8 Å². The zero-order valence-electron chi connectivity index (χ0n) is 8.73. The molecule has 0 atom stereocenters. The second kappa shape index (κ2) is 3.72. The zero-order valence-corrected chi connectivity index (χ0v) is 9.54.